The van der Waals surface area contributed by atoms with Crippen molar-refractivity contribution >= 4 is 0 Å². The molecule has 1 aromatic rings. The van der Waals surface area contributed by atoms with Gasteiger partial charge in [-0.15, -0.1) is 0 Å². The first-order valence-corrected chi connectivity index (χ1v) is 4.58. The smallest absolute Gasteiger partial charge is 0.0622 e. The van der Waals surface area contributed by atoms with Crippen molar-refractivity contribution in [3.8, 4) is 6.07 Å². The largest absolute Gasteiger partial charge is 0.354 e. The maximum absolute atomic E-state index is 8.36. The Morgan fingerprint density at radius 1 is 1.54 bits per heavy atom. The monoisotopic (exact) mass is 177 g/mol. The minimum Gasteiger partial charge on any atom is -0.354 e. The van der Waals surface area contributed by atoms with Gasteiger partial charge in [0.2, 0.25) is 0 Å². The third-order valence-electron chi connectivity index (χ3n) is 1.95. The highest BCUT2D eigenvalue weighted by atomic mass is 14.9. The zero-order valence-corrected chi connectivity index (χ0v) is 7.74. The Bertz CT molecular complexity index is 283. The highest BCUT2D eigenvalue weighted by Gasteiger charge is 1.95. The van der Waals surface area contributed by atoms with Gasteiger partial charge in [-0.1, -0.05) is 0 Å². The van der Waals surface area contributed by atoms with E-state index in [1.165, 1.54) is 5.56 Å². The molecule has 70 valence electrons. The van der Waals surface area contributed by atoms with Gasteiger partial charge in [0.25, 0.3) is 0 Å². The van der Waals surface area contributed by atoms with Crippen LogP contribution < -0.4 is 5.73 Å². The number of nitriles is 1. The van der Waals surface area contributed by atoms with Gasteiger partial charge in [-0.05, 0) is 31.0 Å². The Morgan fingerprint density at radius 2 is 2.38 bits per heavy atom. The topological polar surface area (TPSA) is 54.7 Å². The Hall–Kier alpha value is -1.27. The fourth-order valence-electron chi connectivity index (χ4n) is 1.28. The van der Waals surface area contributed by atoms with Crippen LogP contribution in [0.2, 0.25) is 0 Å². The van der Waals surface area contributed by atoms with Gasteiger partial charge >= 0.3 is 0 Å². The lowest BCUT2D eigenvalue weighted by Gasteiger charge is -1.98. The summed E-state index contributed by atoms with van der Waals surface area (Å²) in [7, 11) is 0. The summed E-state index contributed by atoms with van der Waals surface area (Å²) in [5, 5.41) is 8.36. The van der Waals surface area contributed by atoms with Crippen LogP contribution in [0.1, 0.15) is 18.4 Å². The number of unbranched alkanes of at least 4 members (excludes halogenated alkanes) is 1. The van der Waals surface area contributed by atoms with E-state index >= 15 is 0 Å². The third kappa shape index (κ3) is 3.30. The highest BCUT2D eigenvalue weighted by Crippen LogP contribution is 2.03. The molecule has 0 aliphatic carbocycles. The summed E-state index contributed by atoms with van der Waals surface area (Å²) >= 11 is 0. The van der Waals surface area contributed by atoms with Crippen LogP contribution >= 0.6 is 0 Å². The van der Waals surface area contributed by atoms with E-state index in [0.717, 1.165) is 19.4 Å². The van der Waals surface area contributed by atoms with Crippen molar-refractivity contribution in [2.24, 2.45) is 5.73 Å². The van der Waals surface area contributed by atoms with Gasteiger partial charge < -0.3 is 10.3 Å². The summed E-state index contributed by atoms with van der Waals surface area (Å²) in [6, 6.07) is 4.22. The molecule has 1 aromatic heterocycles. The second-order valence-electron chi connectivity index (χ2n) is 3.06. The van der Waals surface area contributed by atoms with E-state index in [-0.39, 0.29) is 0 Å². The molecule has 1 heterocycles. The summed E-state index contributed by atoms with van der Waals surface area (Å²) in [5.41, 5.74) is 6.72. The van der Waals surface area contributed by atoms with E-state index in [9.17, 15) is 0 Å². The summed E-state index contributed by atoms with van der Waals surface area (Å²) < 4.78 is 2.11. The summed E-state index contributed by atoms with van der Waals surface area (Å²) in [4.78, 5) is 0. The SMILES string of the molecule is N#CCCCn1ccc(CCN)c1. The van der Waals surface area contributed by atoms with Crippen molar-refractivity contribution in [1.82, 2.24) is 4.57 Å². The predicted octanol–water partition coefficient (Wildman–Crippen LogP) is 1.29. The fourth-order valence-corrected chi connectivity index (χ4v) is 1.28. The molecule has 3 heteroatoms. The zero-order chi connectivity index (χ0) is 9.52. The van der Waals surface area contributed by atoms with Crippen molar-refractivity contribution in [2.45, 2.75) is 25.8 Å². The quantitative estimate of drug-likeness (QED) is 0.689. The molecule has 0 radical (unpaired) electrons. The number of nitrogens with two attached hydrogens (primary N) is 1. The van der Waals surface area contributed by atoms with Crippen LogP contribution in [0.25, 0.3) is 0 Å². The standard InChI is InChI=1S/C10H15N3/c11-5-1-2-7-13-8-4-10(9-13)3-6-12/h4,8-9H,1-3,6-7,12H2. The van der Waals surface area contributed by atoms with Crippen LogP contribution in [0.4, 0.5) is 0 Å². The average molecular weight is 177 g/mol. The van der Waals surface area contributed by atoms with Crippen molar-refractivity contribution < 1.29 is 0 Å². The molecule has 0 aromatic carbocycles. The van der Waals surface area contributed by atoms with Crippen molar-refractivity contribution in [1.29, 1.82) is 5.26 Å². The fraction of sp³-hybridized carbons (Fsp3) is 0.500. The van der Waals surface area contributed by atoms with Crippen LogP contribution in [-0.2, 0) is 13.0 Å². The molecule has 0 unspecified atom stereocenters. The van der Waals surface area contributed by atoms with Crippen LogP contribution in [0.3, 0.4) is 0 Å². The normalized spacial score (nSPS) is 9.85. The number of hydrogen-bond acceptors (Lipinski definition) is 2. The van der Waals surface area contributed by atoms with Gasteiger partial charge in [0.15, 0.2) is 0 Å². The summed E-state index contributed by atoms with van der Waals surface area (Å²) in [5.74, 6) is 0. The number of aromatic nitrogens is 1. The van der Waals surface area contributed by atoms with Gasteiger partial charge in [-0.2, -0.15) is 5.26 Å². The Balaban J connectivity index is 2.36. The highest BCUT2D eigenvalue weighted by molar-refractivity contribution is 5.10. The lowest BCUT2D eigenvalue weighted by molar-refractivity contribution is 0.655. The maximum atomic E-state index is 8.36. The first-order valence-electron chi connectivity index (χ1n) is 4.58. The summed E-state index contributed by atoms with van der Waals surface area (Å²) in [6.07, 6.45) is 6.63. The second kappa shape index (κ2) is 5.39. The lowest BCUT2D eigenvalue weighted by Crippen LogP contribution is -2.01. The number of nitrogens with zero attached hydrogens (tertiary/aromatic N) is 2. The number of rotatable bonds is 5. The molecule has 0 spiro atoms. The Kier molecular flexibility index (Phi) is 4.07. The van der Waals surface area contributed by atoms with E-state index in [1.54, 1.807) is 0 Å². The second-order valence-corrected chi connectivity index (χ2v) is 3.06. The first kappa shape index (κ1) is 9.82. The molecule has 0 saturated heterocycles. The van der Waals surface area contributed by atoms with E-state index < -0.39 is 0 Å². The molecule has 0 atom stereocenters. The molecule has 0 aliphatic rings. The van der Waals surface area contributed by atoms with Gasteiger partial charge in [0.05, 0.1) is 6.07 Å². The molecule has 3 nitrogen and oxygen atoms in total. The van der Waals surface area contributed by atoms with Gasteiger partial charge in [0, 0.05) is 25.4 Å². The van der Waals surface area contributed by atoms with Crippen LogP contribution in [0, 0.1) is 11.3 Å². The first-order chi connectivity index (χ1) is 6.36. The van der Waals surface area contributed by atoms with E-state index in [0.29, 0.717) is 13.0 Å². The molecule has 0 amide bonds. The van der Waals surface area contributed by atoms with Gasteiger partial charge in [-0.3, -0.25) is 0 Å². The van der Waals surface area contributed by atoms with Crippen molar-refractivity contribution in [3.63, 3.8) is 0 Å². The van der Waals surface area contributed by atoms with E-state index in [2.05, 4.69) is 22.9 Å². The van der Waals surface area contributed by atoms with E-state index in [1.807, 2.05) is 6.20 Å². The molecular weight excluding hydrogens is 162 g/mol. The third-order valence-corrected chi connectivity index (χ3v) is 1.95. The lowest BCUT2D eigenvalue weighted by atomic mass is 10.2. The molecule has 2 N–H and O–H groups in total. The molecular formula is C10H15N3. The van der Waals surface area contributed by atoms with Crippen LogP contribution in [0.15, 0.2) is 18.5 Å². The van der Waals surface area contributed by atoms with Crippen molar-refractivity contribution in [3.05, 3.63) is 24.0 Å². The average Bonchev–Trinajstić information content (AvgIpc) is 2.54. The molecule has 0 saturated carbocycles. The molecule has 0 fully saturated rings. The van der Waals surface area contributed by atoms with Gasteiger partial charge in [0.1, 0.15) is 0 Å². The minimum absolute atomic E-state index is 0.629. The molecule has 1 rings (SSSR count). The molecule has 0 aliphatic heterocycles. The van der Waals surface area contributed by atoms with E-state index in [4.69, 9.17) is 11.0 Å². The number of aryl methyl sites for hydroxylation is 1. The summed E-state index contributed by atoms with van der Waals surface area (Å²) in [6.45, 7) is 1.63. The van der Waals surface area contributed by atoms with Crippen LogP contribution in [-0.4, -0.2) is 11.1 Å². The Morgan fingerprint density at radius 3 is 3.08 bits per heavy atom. The maximum Gasteiger partial charge on any atom is 0.0622 e. The minimum atomic E-state index is 0.629. The number of hydrogen-bond donors (Lipinski definition) is 1. The molecule has 0 bridgehead atoms. The zero-order valence-electron chi connectivity index (χ0n) is 7.74. The molecule has 13 heavy (non-hydrogen) atoms. The van der Waals surface area contributed by atoms with Gasteiger partial charge in [-0.25, -0.2) is 0 Å². The Labute approximate surface area is 78.8 Å². The van der Waals surface area contributed by atoms with Crippen molar-refractivity contribution in [2.75, 3.05) is 6.54 Å². The predicted molar refractivity (Wildman–Crippen MR) is 52.0 cm³/mol. The van der Waals surface area contributed by atoms with Crippen LogP contribution in [0.5, 0.6) is 0 Å².